The van der Waals surface area contributed by atoms with E-state index in [4.69, 9.17) is 4.52 Å². The first-order valence-electron chi connectivity index (χ1n) is 6.28. The zero-order valence-electron chi connectivity index (χ0n) is 10.8. The van der Waals surface area contributed by atoms with E-state index in [0.717, 1.165) is 31.8 Å². The summed E-state index contributed by atoms with van der Waals surface area (Å²) in [7, 11) is 0. The molecule has 2 aromatic rings. The van der Waals surface area contributed by atoms with Crippen molar-refractivity contribution in [2.24, 2.45) is 0 Å². The summed E-state index contributed by atoms with van der Waals surface area (Å²) in [6.07, 6.45) is 7.15. The standard InChI is InChI=1S/C12H19N5O/c1-3-11-15-12(18-16-11)4-5-14-10(2)8-17-7-6-13-9-17/h6-7,9-10,14H,3-5,8H2,1-2H3/t10-/m1/s1. The molecule has 0 unspecified atom stereocenters. The number of rotatable bonds is 7. The number of imidazole rings is 1. The van der Waals surface area contributed by atoms with Gasteiger partial charge in [-0.05, 0) is 6.92 Å². The summed E-state index contributed by atoms with van der Waals surface area (Å²) < 4.78 is 7.18. The van der Waals surface area contributed by atoms with Crippen molar-refractivity contribution in [2.75, 3.05) is 6.54 Å². The quantitative estimate of drug-likeness (QED) is 0.794. The molecule has 0 aliphatic rings. The lowest BCUT2D eigenvalue weighted by Gasteiger charge is -2.13. The van der Waals surface area contributed by atoms with E-state index in [-0.39, 0.29) is 0 Å². The summed E-state index contributed by atoms with van der Waals surface area (Å²) in [5, 5.41) is 7.29. The summed E-state index contributed by atoms with van der Waals surface area (Å²) in [6, 6.07) is 0.382. The second-order valence-electron chi connectivity index (χ2n) is 4.32. The van der Waals surface area contributed by atoms with Crippen LogP contribution in [0.3, 0.4) is 0 Å². The molecule has 2 aromatic heterocycles. The molecule has 98 valence electrons. The van der Waals surface area contributed by atoms with Gasteiger partial charge in [-0.1, -0.05) is 12.1 Å². The molecule has 0 aromatic carbocycles. The maximum Gasteiger partial charge on any atom is 0.227 e. The van der Waals surface area contributed by atoms with Crippen molar-refractivity contribution in [2.45, 2.75) is 39.3 Å². The van der Waals surface area contributed by atoms with E-state index in [0.29, 0.717) is 11.9 Å². The van der Waals surface area contributed by atoms with Gasteiger partial charge in [-0.15, -0.1) is 0 Å². The lowest BCUT2D eigenvalue weighted by Crippen LogP contribution is -2.31. The van der Waals surface area contributed by atoms with Crippen LogP contribution in [-0.2, 0) is 19.4 Å². The highest BCUT2D eigenvalue weighted by Gasteiger charge is 2.06. The molecule has 0 saturated carbocycles. The Bertz CT molecular complexity index is 451. The summed E-state index contributed by atoms with van der Waals surface area (Å²) in [6.45, 7) is 5.90. The highest BCUT2D eigenvalue weighted by molar-refractivity contribution is 4.86. The van der Waals surface area contributed by atoms with Crippen LogP contribution in [0.25, 0.3) is 0 Å². The second-order valence-corrected chi connectivity index (χ2v) is 4.32. The molecule has 1 N–H and O–H groups in total. The Morgan fingerprint density at radius 2 is 2.39 bits per heavy atom. The number of nitrogens with one attached hydrogen (secondary N) is 1. The van der Waals surface area contributed by atoms with Crippen LogP contribution in [0.4, 0.5) is 0 Å². The number of hydrogen-bond donors (Lipinski definition) is 1. The van der Waals surface area contributed by atoms with E-state index >= 15 is 0 Å². The van der Waals surface area contributed by atoms with Crippen LogP contribution < -0.4 is 5.32 Å². The van der Waals surface area contributed by atoms with Gasteiger partial charge in [0.15, 0.2) is 5.82 Å². The topological polar surface area (TPSA) is 68.8 Å². The first-order valence-corrected chi connectivity index (χ1v) is 6.28. The largest absolute Gasteiger partial charge is 0.339 e. The van der Waals surface area contributed by atoms with Crippen LogP contribution in [-0.4, -0.2) is 32.3 Å². The van der Waals surface area contributed by atoms with E-state index in [1.165, 1.54) is 0 Å². The Labute approximate surface area is 106 Å². The Kier molecular flexibility index (Phi) is 4.46. The molecule has 0 aliphatic heterocycles. The predicted molar refractivity (Wildman–Crippen MR) is 67.1 cm³/mol. The van der Waals surface area contributed by atoms with Crippen LogP contribution in [0.5, 0.6) is 0 Å². The number of aryl methyl sites for hydroxylation is 1. The molecule has 6 nitrogen and oxygen atoms in total. The third-order valence-electron chi connectivity index (χ3n) is 2.70. The van der Waals surface area contributed by atoms with Gasteiger partial charge in [-0.25, -0.2) is 4.98 Å². The lowest BCUT2D eigenvalue weighted by atomic mass is 10.3. The molecule has 6 heteroatoms. The van der Waals surface area contributed by atoms with Crippen molar-refractivity contribution < 1.29 is 4.52 Å². The normalized spacial score (nSPS) is 12.8. The first kappa shape index (κ1) is 12.8. The number of nitrogens with zero attached hydrogens (tertiary/aromatic N) is 4. The van der Waals surface area contributed by atoms with E-state index in [2.05, 4.69) is 31.9 Å². The van der Waals surface area contributed by atoms with Gasteiger partial charge >= 0.3 is 0 Å². The maximum absolute atomic E-state index is 5.13. The van der Waals surface area contributed by atoms with Gasteiger partial charge in [0.05, 0.1) is 6.33 Å². The fourth-order valence-corrected chi connectivity index (χ4v) is 1.74. The minimum atomic E-state index is 0.382. The average molecular weight is 249 g/mol. The molecule has 0 radical (unpaired) electrons. The molecule has 0 bridgehead atoms. The molecular weight excluding hydrogens is 230 g/mol. The van der Waals surface area contributed by atoms with Crippen molar-refractivity contribution in [3.05, 3.63) is 30.4 Å². The molecular formula is C12H19N5O. The van der Waals surface area contributed by atoms with Gasteiger partial charge in [0.2, 0.25) is 5.89 Å². The molecule has 0 fully saturated rings. The number of hydrogen-bond acceptors (Lipinski definition) is 5. The maximum atomic E-state index is 5.13. The van der Waals surface area contributed by atoms with Crippen molar-refractivity contribution >= 4 is 0 Å². The predicted octanol–water partition coefficient (Wildman–Crippen LogP) is 1.05. The van der Waals surface area contributed by atoms with E-state index in [1.807, 2.05) is 19.4 Å². The molecule has 0 amide bonds. The van der Waals surface area contributed by atoms with Crippen LogP contribution in [0, 0.1) is 0 Å². The second kappa shape index (κ2) is 6.30. The minimum absolute atomic E-state index is 0.382. The number of aromatic nitrogens is 4. The van der Waals surface area contributed by atoms with Crippen LogP contribution in [0.15, 0.2) is 23.2 Å². The third kappa shape index (κ3) is 3.66. The molecule has 0 spiro atoms. The summed E-state index contributed by atoms with van der Waals surface area (Å²) in [4.78, 5) is 8.29. The third-order valence-corrected chi connectivity index (χ3v) is 2.70. The zero-order chi connectivity index (χ0) is 12.8. The monoisotopic (exact) mass is 249 g/mol. The highest BCUT2D eigenvalue weighted by atomic mass is 16.5. The SMILES string of the molecule is CCc1noc(CCN[C@H](C)Cn2ccnc2)n1. The van der Waals surface area contributed by atoms with E-state index in [1.54, 1.807) is 6.20 Å². The zero-order valence-corrected chi connectivity index (χ0v) is 10.8. The van der Waals surface area contributed by atoms with Gasteiger partial charge in [0.25, 0.3) is 0 Å². The van der Waals surface area contributed by atoms with Gasteiger partial charge in [0.1, 0.15) is 0 Å². The smallest absolute Gasteiger partial charge is 0.227 e. The van der Waals surface area contributed by atoms with Gasteiger partial charge in [-0.3, -0.25) is 0 Å². The summed E-state index contributed by atoms with van der Waals surface area (Å²) in [5.74, 6) is 1.48. The van der Waals surface area contributed by atoms with Crippen LogP contribution in [0.1, 0.15) is 25.6 Å². The Hall–Kier alpha value is -1.69. The molecule has 0 saturated heterocycles. The fourth-order valence-electron chi connectivity index (χ4n) is 1.74. The van der Waals surface area contributed by atoms with E-state index < -0.39 is 0 Å². The lowest BCUT2D eigenvalue weighted by molar-refractivity contribution is 0.366. The molecule has 0 aliphatic carbocycles. The Balaban J connectivity index is 1.68. The van der Waals surface area contributed by atoms with E-state index in [9.17, 15) is 0 Å². The molecule has 2 heterocycles. The minimum Gasteiger partial charge on any atom is -0.339 e. The van der Waals surface area contributed by atoms with Crippen molar-refractivity contribution in [1.82, 2.24) is 25.0 Å². The van der Waals surface area contributed by atoms with Crippen molar-refractivity contribution in [1.29, 1.82) is 0 Å². The Morgan fingerprint density at radius 1 is 1.50 bits per heavy atom. The Morgan fingerprint density at radius 3 is 3.06 bits per heavy atom. The molecule has 1 atom stereocenters. The average Bonchev–Trinajstić information content (AvgIpc) is 3.00. The summed E-state index contributed by atoms with van der Waals surface area (Å²) >= 11 is 0. The summed E-state index contributed by atoms with van der Waals surface area (Å²) in [5.41, 5.74) is 0. The van der Waals surface area contributed by atoms with Crippen molar-refractivity contribution in [3.8, 4) is 0 Å². The van der Waals surface area contributed by atoms with Crippen LogP contribution in [0.2, 0.25) is 0 Å². The van der Waals surface area contributed by atoms with Gasteiger partial charge in [-0.2, -0.15) is 4.98 Å². The molecule has 18 heavy (non-hydrogen) atoms. The fraction of sp³-hybridized carbons (Fsp3) is 0.583. The first-order chi connectivity index (χ1) is 8.78. The molecule has 2 rings (SSSR count). The van der Waals surface area contributed by atoms with Gasteiger partial charge < -0.3 is 14.4 Å². The van der Waals surface area contributed by atoms with Gasteiger partial charge in [0, 0.05) is 44.4 Å². The van der Waals surface area contributed by atoms with Crippen LogP contribution >= 0.6 is 0 Å². The highest BCUT2D eigenvalue weighted by Crippen LogP contribution is 1.99. The van der Waals surface area contributed by atoms with Crippen molar-refractivity contribution in [3.63, 3.8) is 0 Å².